The highest BCUT2D eigenvalue weighted by Crippen LogP contribution is 2.28. The van der Waals surface area contributed by atoms with Crippen LogP contribution < -0.4 is 10.6 Å². The molecule has 6 heteroatoms. The second kappa shape index (κ2) is 5.66. The van der Waals surface area contributed by atoms with Crippen molar-refractivity contribution in [2.24, 2.45) is 0 Å². The summed E-state index contributed by atoms with van der Waals surface area (Å²) < 4.78 is 0. The fourth-order valence-electron chi connectivity index (χ4n) is 1.68. The highest BCUT2D eigenvalue weighted by Gasteiger charge is 2.18. The van der Waals surface area contributed by atoms with Gasteiger partial charge < -0.3 is 15.5 Å². The maximum Gasteiger partial charge on any atom is 0.241 e. The Bertz CT molecular complexity index is 430. The third kappa shape index (κ3) is 3.09. The molecule has 1 rings (SSSR count). The van der Waals surface area contributed by atoms with Crippen molar-refractivity contribution in [2.45, 2.75) is 19.8 Å². The van der Waals surface area contributed by atoms with Crippen LogP contribution in [0, 0.1) is 0 Å². The normalized spacial score (nSPS) is 10.6. The summed E-state index contributed by atoms with van der Waals surface area (Å²) in [5.74, 6) is 1.41. The van der Waals surface area contributed by atoms with Gasteiger partial charge in [0.2, 0.25) is 5.91 Å². The number of likely N-dealkylation sites (N-methyl/N-ethyl adjacent to an activating group) is 2. The van der Waals surface area contributed by atoms with E-state index in [0.717, 1.165) is 5.56 Å². The number of hydrogen-bond acceptors (Lipinski definition) is 5. The molecule has 0 bridgehead atoms. The number of carbonyl (C=O) groups is 1. The number of nitrogens with zero attached hydrogens (tertiary/aromatic N) is 4. The Morgan fingerprint density at radius 2 is 1.94 bits per heavy atom. The first-order chi connectivity index (χ1) is 8.34. The molecular weight excluding hydrogens is 230 g/mol. The Morgan fingerprint density at radius 3 is 2.44 bits per heavy atom. The highest BCUT2D eigenvalue weighted by atomic mass is 16.2. The molecule has 0 radical (unpaired) electrons. The summed E-state index contributed by atoms with van der Waals surface area (Å²) in [6, 6.07) is 0. The number of carbonyl (C=O) groups excluding carboxylic acids is 1. The summed E-state index contributed by atoms with van der Waals surface area (Å²) in [4.78, 5) is 23.3. The quantitative estimate of drug-likeness (QED) is 0.852. The van der Waals surface area contributed by atoms with E-state index in [1.54, 1.807) is 23.9 Å². The average molecular weight is 251 g/mol. The van der Waals surface area contributed by atoms with Gasteiger partial charge in [0.1, 0.15) is 18.0 Å². The minimum absolute atomic E-state index is 0.0180. The van der Waals surface area contributed by atoms with Crippen LogP contribution in [-0.4, -0.2) is 48.5 Å². The monoisotopic (exact) mass is 251 g/mol. The van der Waals surface area contributed by atoms with Crippen molar-refractivity contribution in [3.05, 3.63) is 11.9 Å². The van der Waals surface area contributed by atoms with Gasteiger partial charge in [0.05, 0.1) is 6.54 Å². The molecule has 0 aliphatic carbocycles. The van der Waals surface area contributed by atoms with Gasteiger partial charge in [-0.3, -0.25) is 4.79 Å². The molecule has 6 nitrogen and oxygen atoms in total. The molecule has 0 saturated carbocycles. The maximum absolute atomic E-state index is 11.7. The van der Waals surface area contributed by atoms with Crippen LogP contribution in [0.5, 0.6) is 0 Å². The third-order valence-electron chi connectivity index (χ3n) is 2.70. The van der Waals surface area contributed by atoms with Gasteiger partial charge in [-0.2, -0.15) is 0 Å². The average Bonchev–Trinajstić information content (AvgIpc) is 2.27. The predicted octanol–water partition coefficient (Wildman–Crippen LogP) is 0.707. The standard InChI is InChI=1S/C12H21N5O/c1-8(2)10-11(13)14-7-15-12(10)17(5)6-9(18)16(3)4/h7-8H,6H2,1-5H3,(H2,13,14,15). The summed E-state index contributed by atoms with van der Waals surface area (Å²) in [7, 11) is 5.29. The number of amides is 1. The van der Waals surface area contributed by atoms with Crippen LogP contribution in [0.25, 0.3) is 0 Å². The predicted molar refractivity (Wildman–Crippen MR) is 72.5 cm³/mol. The van der Waals surface area contributed by atoms with Crippen LogP contribution in [-0.2, 0) is 4.79 Å². The lowest BCUT2D eigenvalue weighted by molar-refractivity contribution is -0.127. The Kier molecular flexibility index (Phi) is 4.47. The Labute approximate surface area is 108 Å². The van der Waals surface area contributed by atoms with Gasteiger partial charge >= 0.3 is 0 Å². The zero-order chi connectivity index (χ0) is 13.9. The van der Waals surface area contributed by atoms with E-state index in [1.165, 1.54) is 6.33 Å². The SMILES string of the molecule is CC(C)c1c(N)ncnc1N(C)CC(=O)N(C)C. The molecule has 2 N–H and O–H groups in total. The van der Waals surface area contributed by atoms with E-state index in [0.29, 0.717) is 11.6 Å². The second-order valence-electron chi connectivity index (χ2n) is 4.80. The first-order valence-electron chi connectivity index (χ1n) is 5.86. The lowest BCUT2D eigenvalue weighted by Gasteiger charge is -2.24. The zero-order valence-electron chi connectivity index (χ0n) is 11.6. The van der Waals surface area contributed by atoms with Gasteiger partial charge in [-0.1, -0.05) is 13.8 Å². The zero-order valence-corrected chi connectivity index (χ0v) is 11.6. The van der Waals surface area contributed by atoms with Crippen molar-refractivity contribution in [1.82, 2.24) is 14.9 Å². The van der Waals surface area contributed by atoms with E-state index >= 15 is 0 Å². The van der Waals surface area contributed by atoms with Crippen LogP contribution in [0.4, 0.5) is 11.6 Å². The fourth-order valence-corrected chi connectivity index (χ4v) is 1.68. The van der Waals surface area contributed by atoms with Crippen molar-refractivity contribution < 1.29 is 4.79 Å². The summed E-state index contributed by atoms with van der Waals surface area (Å²) >= 11 is 0. The molecule has 0 spiro atoms. The molecule has 0 saturated heterocycles. The first-order valence-corrected chi connectivity index (χ1v) is 5.86. The van der Waals surface area contributed by atoms with Crippen molar-refractivity contribution in [3.8, 4) is 0 Å². The minimum atomic E-state index is 0.0180. The Balaban J connectivity index is 3.02. The number of anilines is 2. The van der Waals surface area contributed by atoms with E-state index in [9.17, 15) is 4.79 Å². The van der Waals surface area contributed by atoms with Crippen LogP contribution in [0.2, 0.25) is 0 Å². The van der Waals surface area contributed by atoms with E-state index in [-0.39, 0.29) is 18.4 Å². The van der Waals surface area contributed by atoms with E-state index < -0.39 is 0 Å². The molecule has 1 heterocycles. The van der Waals surface area contributed by atoms with Crippen LogP contribution >= 0.6 is 0 Å². The molecular formula is C12H21N5O. The summed E-state index contributed by atoms with van der Waals surface area (Å²) in [6.45, 7) is 4.32. The smallest absolute Gasteiger partial charge is 0.241 e. The highest BCUT2D eigenvalue weighted by molar-refractivity contribution is 5.81. The first kappa shape index (κ1) is 14.2. The van der Waals surface area contributed by atoms with Crippen LogP contribution in [0.3, 0.4) is 0 Å². The van der Waals surface area contributed by atoms with Crippen LogP contribution in [0.15, 0.2) is 6.33 Å². The molecule has 0 aromatic carbocycles. The molecule has 100 valence electrons. The molecule has 0 unspecified atom stereocenters. The molecule has 1 aromatic rings. The van der Waals surface area contributed by atoms with E-state index in [4.69, 9.17) is 5.73 Å². The number of rotatable bonds is 4. The Morgan fingerprint density at radius 1 is 1.33 bits per heavy atom. The molecule has 0 aliphatic heterocycles. The van der Waals surface area contributed by atoms with Crippen molar-refractivity contribution in [3.63, 3.8) is 0 Å². The fraction of sp³-hybridized carbons (Fsp3) is 0.583. The van der Waals surface area contributed by atoms with Crippen molar-refractivity contribution in [1.29, 1.82) is 0 Å². The number of nitrogen functional groups attached to an aromatic ring is 1. The minimum Gasteiger partial charge on any atom is -0.383 e. The third-order valence-corrected chi connectivity index (χ3v) is 2.70. The van der Waals surface area contributed by atoms with Gasteiger partial charge in [-0.05, 0) is 5.92 Å². The number of hydrogen-bond donors (Lipinski definition) is 1. The number of nitrogens with two attached hydrogens (primary N) is 1. The van der Waals surface area contributed by atoms with Crippen LogP contribution in [0.1, 0.15) is 25.3 Å². The molecule has 1 aromatic heterocycles. The molecule has 0 fully saturated rings. The van der Waals surface area contributed by atoms with Crippen molar-refractivity contribution >= 4 is 17.5 Å². The van der Waals surface area contributed by atoms with Gasteiger partial charge in [-0.15, -0.1) is 0 Å². The second-order valence-corrected chi connectivity index (χ2v) is 4.80. The van der Waals surface area contributed by atoms with Gasteiger partial charge in [0, 0.05) is 26.7 Å². The molecule has 18 heavy (non-hydrogen) atoms. The lowest BCUT2D eigenvalue weighted by Crippen LogP contribution is -2.35. The van der Waals surface area contributed by atoms with E-state index in [1.807, 2.05) is 20.9 Å². The molecule has 0 aliphatic rings. The van der Waals surface area contributed by atoms with Crippen molar-refractivity contribution in [2.75, 3.05) is 38.3 Å². The van der Waals surface area contributed by atoms with Gasteiger partial charge in [-0.25, -0.2) is 9.97 Å². The molecule has 1 amide bonds. The lowest BCUT2D eigenvalue weighted by atomic mass is 10.0. The number of aromatic nitrogens is 2. The Hall–Kier alpha value is -1.85. The maximum atomic E-state index is 11.7. The van der Waals surface area contributed by atoms with E-state index in [2.05, 4.69) is 9.97 Å². The summed E-state index contributed by atoms with van der Waals surface area (Å²) in [5.41, 5.74) is 6.76. The summed E-state index contributed by atoms with van der Waals surface area (Å²) in [5, 5.41) is 0. The summed E-state index contributed by atoms with van der Waals surface area (Å²) in [6.07, 6.45) is 1.42. The van der Waals surface area contributed by atoms with Gasteiger partial charge in [0.15, 0.2) is 0 Å². The largest absolute Gasteiger partial charge is 0.383 e. The molecule has 0 atom stereocenters. The van der Waals surface area contributed by atoms with Gasteiger partial charge in [0.25, 0.3) is 0 Å². The topological polar surface area (TPSA) is 75.3 Å².